The summed E-state index contributed by atoms with van der Waals surface area (Å²) in [6.45, 7) is 4.46. The van der Waals surface area contributed by atoms with Crippen LogP contribution in [0.4, 0.5) is 0 Å². The summed E-state index contributed by atoms with van der Waals surface area (Å²) in [4.78, 5) is 2.39. The average Bonchev–Trinajstić information content (AvgIpc) is 2.36. The van der Waals surface area contributed by atoms with Gasteiger partial charge in [0.25, 0.3) is 0 Å². The molecule has 0 N–H and O–H groups in total. The highest BCUT2D eigenvalue weighted by Crippen LogP contribution is 2.18. The second-order valence-electron chi connectivity index (χ2n) is 2.79. The number of nitrogens with zero attached hydrogens (tertiary/aromatic N) is 2. The van der Waals surface area contributed by atoms with Gasteiger partial charge in [0.2, 0.25) is 0 Å². The summed E-state index contributed by atoms with van der Waals surface area (Å²) in [5.74, 6) is 0. The summed E-state index contributed by atoms with van der Waals surface area (Å²) in [7, 11) is 0. The maximum absolute atomic E-state index is 8.46. The van der Waals surface area contributed by atoms with Crippen LogP contribution in [0, 0.1) is 11.3 Å². The SMILES string of the molecule is CCN1CCCC1CC#N. The normalized spacial score (nSPS) is 26.6. The zero-order valence-electron chi connectivity index (χ0n) is 6.51. The smallest absolute Gasteiger partial charge is 0.0638 e. The monoisotopic (exact) mass is 138 g/mol. The third-order valence-corrected chi connectivity index (χ3v) is 2.23. The van der Waals surface area contributed by atoms with Crippen LogP contribution in [0.1, 0.15) is 26.2 Å². The Morgan fingerprint density at radius 1 is 1.70 bits per heavy atom. The first-order chi connectivity index (χ1) is 4.88. The van der Waals surface area contributed by atoms with Crippen molar-refractivity contribution in [3.05, 3.63) is 0 Å². The van der Waals surface area contributed by atoms with Crippen LogP contribution >= 0.6 is 0 Å². The molecule has 0 aliphatic carbocycles. The van der Waals surface area contributed by atoms with Crippen LogP contribution in [0.25, 0.3) is 0 Å². The lowest BCUT2D eigenvalue weighted by Crippen LogP contribution is -2.28. The summed E-state index contributed by atoms with van der Waals surface area (Å²) in [5, 5.41) is 8.46. The molecule has 0 spiro atoms. The molecule has 1 aliphatic heterocycles. The third kappa shape index (κ3) is 1.48. The van der Waals surface area contributed by atoms with Gasteiger partial charge < -0.3 is 0 Å². The van der Waals surface area contributed by atoms with Gasteiger partial charge >= 0.3 is 0 Å². The topological polar surface area (TPSA) is 27.0 Å². The van der Waals surface area contributed by atoms with E-state index in [9.17, 15) is 0 Å². The van der Waals surface area contributed by atoms with E-state index in [1.54, 1.807) is 0 Å². The first-order valence-corrected chi connectivity index (χ1v) is 3.99. The van der Waals surface area contributed by atoms with Crippen molar-refractivity contribution in [1.29, 1.82) is 5.26 Å². The van der Waals surface area contributed by atoms with Crippen LogP contribution in [0.15, 0.2) is 0 Å². The van der Waals surface area contributed by atoms with E-state index in [4.69, 9.17) is 5.26 Å². The summed E-state index contributed by atoms with van der Waals surface area (Å²) < 4.78 is 0. The minimum atomic E-state index is 0.565. The lowest BCUT2D eigenvalue weighted by Gasteiger charge is -2.19. The molecule has 1 unspecified atom stereocenters. The Bertz CT molecular complexity index is 137. The molecular formula is C8H14N2. The van der Waals surface area contributed by atoms with E-state index >= 15 is 0 Å². The number of hydrogen-bond donors (Lipinski definition) is 0. The molecule has 0 amide bonds. The van der Waals surface area contributed by atoms with Gasteiger partial charge in [-0.3, -0.25) is 4.90 Å². The lowest BCUT2D eigenvalue weighted by atomic mass is 10.2. The molecule has 2 heteroatoms. The number of rotatable bonds is 2. The highest BCUT2D eigenvalue weighted by molar-refractivity contribution is 4.86. The molecule has 1 fully saturated rings. The van der Waals surface area contributed by atoms with Crippen molar-refractivity contribution in [3.8, 4) is 6.07 Å². The van der Waals surface area contributed by atoms with Crippen molar-refractivity contribution in [2.75, 3.05) is 13.1 Å². The standard InChI is InChI=1S/C8H14N2/c1-2-10-7-3-4-8(10)5-6-9/h8H,2-5,7H2,1H3. The summed E-state index contributed by atoms with van der Waals surface area (Å²) >= 11 is 0. The number of nitriles is 1. The van der Waals surface area contributed by atoms with Crippen molar-refractivity contribution in [2.45, 2.75) is 32.2 Å². The van der Waals surface area contributed by atoms with E-state index in [0.717, 1.165) is 6.54 Å². The van der Waals surface area contributed by atoms with Crippen molar-refractivity contribution >= 4 is 0 Å². The predicted molar refractivity (Wildman–Crippen MR) is 40.5 cm³/mol. The van der Waals surface area contributed by atoms with Gasteiger partial charge in [0.15, 0.2) is 0 Å². The third-order valence-electron chi connectivity index (χ3n) is 2.23. The van der Waals surface area contributed by atoms with E-state index in [0.29, 0.717) is 12.5 Å². The van der Waals surface area contributed by atoms with E-state index in [2.05, 4.69) is 17.9 Å². The van der Waals surface area contributed by atoms with Crippen molar-refractivity contribution in [3.63, 3.8) is 0 Å². The Hall–Kier alpha value is -0.550. The van der Waals surface area contributed by atoms with Crippen LogP contribution in [0.3, 0.4) is 0 Å². The van der Waals surface area contributed by atoms with Gasteiger partial charge in [-0.25, -0.2) is 0 Å². The van der Waals surface area contributed by atoms with Gasteiger partial charge in [-0.15, -0.1) is 0 Å². The van der Waals surface area contributed by atoms with Crippen LogP contribution in [0.5, 0.6) is 0 Å². The molecule has 0 aromatic carbocycles. The van der Waals surface area contributed by atoms with Gasteiger partial charge in [0, 0.05) is 6.04 Å². The number of hydrogen-bond acceptors (Lipinski definition) is 2. The van der Waals surface area contributed by atoms with Gasteiger partial charge in [0.05, 0.1) is 12.5 Å². The van der Waals surface area contributed by atoms with E-state index in [1.165, 1.54) is 19.4 Å². The molecule has 10 heavy (non-hydrogen) atoms. The summed E-state index contributed by atoms with van der Waals surface area (Å²) in [5.41, 5.74) is 0. The quantitative estimate of drug-likeness (QED) is 0.576. The average molecular weight is 138 g/mol. The maximum Gasteiger partial charge on any atom is 0.0638 e. The van der Waals surface area contributed by atoms with Gasteiger partial charge in [-0.05, 0) is 25.9 Å². The zero-order valence-corrected chi connectivity index (χ0v) is 6.51. The Morgan fingerprint density at radius 2 is 2.50 bits per heavy atom. The largest absolute Gasteiger partial charge is 0.300 e. The fourth-order valence-electron chi connectivity index (χ4n) is 1.65. The maximum atomic E-state index is 8.46. The van der Waals surface area contributed by atoms with Crippen molar-refractivity contribution < 1.29 is 0 Å². The van der Waals surface area contributed by atoms with Gasteiger partial charge in [-0.1, -0.05) is 6.92 Å². The molecule has 1 aliphatic rings. The molecule has 1 saturated heterocycles. The molecule has 0 radical (unpaired) electrons. The van der Waals surface area contributed by atoms with E-state index in [-0.39, 0.29) is 0 Å². The van der Waals surface area contributed by atoms with Crippen molar-refractivity contribution in [1.82, 2.24) is 4.90 Å². The molecule has 0 aromatic heterocycles. The molecule has 1 heterocycles. The van der Waals surface area contributed by atoms with Gasteiger partial charge in [-0.2, -0.15) is 5.26 Å². The van der Waals surface area contributed by atoms with Crippen LogP contribution in [0.2, 0.25) is 0 Å². The minimum absolute atomic E-state index is 0.565. The zero-order chi connectivity index (χ0) is 7.40. The predicted octanol–water partition coefficient (Wildman–Crippen LogP) is 1.38. The Morgan fingerprint density at radius 3 is 3.10 bits per heavy atom. The molecule has 0 bridgehead atoms. The fourth-order valence-corrected chi connectivity index (χ4v) is 1.65. The van der Waals surface area contributed by atoms with E-state index in [1.807, 2.05) is 0 Å². The number of likely N-dealkylation sites (tertiary alicyclic amines) is 1. The minimum Gasteiger partial charge on any atom is -0.300 e. The van der Waals surface area contributed by atoms with Crippen LogP contribution in [-0.4, -0.2) is 24.0 Å². The molecule has 1 rings (SSSR count). The highest BCUT2D eigenvalue weighted by Gasteiger charge is 2.21. The molecule has 0 aromatic rings. The molecule has 0 saturated carbocycles. The Balaban J connectivity index is 2.36. The molecule has 56 valence electrons. The van der Waals surface area contributed by atoms with E-state index < -0.39 is 0 Å². The first-order valence-electron chi connectivity index (χ1n) is 3.99. The highest BCUT2D eigenvalue weighted by atomic mass is 15.2. The lowest BCUT2D eigenvalue weighted by molar-refractivity contribution is 0.270. The van der Waals surface area contributed by atoms with Crippen LogP contribution < -0.4 is 0 Å². The van der Waals surface area contributed by atoms with Crippen LogP contribution in [-0.2, 0) is 0 Å². The molecule has 1 atom stereocenters. The van der Waals surface area contributed by atoms with Gasteiger partial charge in [0.1, 0.15) is 0 Å². The molecule has 2 nitrogen and oxygen atoms in total. The summed E-state index contributed by atoms with van der Waals surface area (Å²) in [6, 6.07) is 2.80. The first kappa shape index (κ1) is 7.56. The summed E-state index contributed by atoms with van der Waals surface area (Å²) in [6.07, 6.45) is 3.22. The Labute approximate surface area is 62.4 Å². The van der Waals surface area contributed by atoms with Crippen molar-refractivity contribution in [2.24, 2.45) is 0 Å². The Kier molecular flexibility index (Phi) is 2.70. The fraction of sp³-hybridized carbons (Fsp3) is 0.875. The second kappa shape index (κ2) is 3.58. The second-order valence-corrected chi connectivity index (χ2v) is 2.79. The molecular weight excluding hydrogens is 124 g/mol.